The molecule has 0 amide bonds. The molecule has 14 heavy (non-hydrogen) atoms. The average Bonchev–Trinajstić information content (AvgIpc) is 2.47. The molecular formula is C7H11N3O4. The van der Waals surface area contributed by atoms with Crippen LogP contribution in [0.25, 0.3) is 0 Å². The molecule has 1 aliphatic rings. The zero-order chi connectivity index (χ0) is 10.1. The van der Waals surface area contributed by atoms with Crippen LogP contribution in [0.1, 0.15) is 12.6 Å². The van der Waals surface area contributed by atoms with Crippen molar-refractivity contribution in [2.45, 2.75) is 12.6 Å². The van der Waals surface area contributed by atoms with E-state index in [0.717, 1.165) is 4.57 Å². The van der Waals surface area contributed by atoms with Crippen LogP contribution in [0.3, 0.4) is 0 Å². The van der Waals surface area contributed by atoms with Crippen molar-refractivity contribution >= 4 is 0 Å². The fourth-order valence-corrected chi connectivity index (χ4v) is 1.33. The van der Waals surface area contributed by atoms with Crippen LogP contribution in [0.2, 0.25) is 0 Å². The number of aromatic nitrogens is 3. The third-order valence-corrected chi connectivity index (χ3v) is 2.15. The van der Waals surface area contributed by atoms with Crippen LogP contribution in [-0.2, 0) is 16.5 Å². The van der Waals surface area contributed by atoms with E-state index >= 15 is 0 Å². The van der Waals surface area contributed by atoms with Gasteiger partial charge in [0, 0.05) is 13.5 Å². The summed E-state index contributed by atoms with van der Waals surface area (Å²) in [6, 6.07) is 0. The van der Waals surface area contributed by atoms with E-state index in [-0.39, 0.29) is 6.79 Å². The Morgan fingerprint density at radius 3 is 2.79 bits per heavy atom. The fourth-order valence-electron chi connectivity index (χ4n) is 1.33. The average molecular weight is 201 g/mol. The molecule has 0 radical (unpaired) electrons. The number of H-pyrrole nitrogens is 1. The molecule has 0 aromatic carbocycles. The van der Waals surface area contributed by atoms with Crippen LogP contribution in [0, 0.1) is 0 Å². The Kier molecular flexibility index (Phi) is 2.26. The molecule has 1 N–H and O–H groups in total. The number of nitrogens with one attached hydrogen (secondary N) is 1. The summed E-state index contributed by atoms with van der Waals surface area (Å²) >= 11 is 0. The first-order valence-corrected chi connectivity index (χ1v) is 4.27. The number of hydrogen-bond donors (Lipinski definition) is 1. The van der Waals surface area contributed by atoms with Crippen LogP contribution in [0.15, 0.2) is 9.59 Å². The van der Waals surface area contributed by atoms with Crippen molar-refractivity contribution in [3.05, 3.63) is 21.0 Å². The van der Waals surface area contributed by atoms with Gasteiger partial charge in [-0.25, -0.2) is 23.9 Å². The molecule has 2 rings (SSSR count). The Labute approximate surface area is 78.8 Å². The predicted octanol–water partition coefficient (Wildman–Crippen LogP) is -1.23. The standard InChI is InChI=1S/C7H11N3O4/c1-9-6(11)8-10(7(9)12)5-2-3-13-4-14-5/h5H,2-4H2,1H3,(H,8,11). The molecule has 2 heterocycles. The third kappa shape index (κ3) is 1.40. The summed E-state index contributed by atoms with van der Waals surface area (Å²) in [5, 5.41) is 2.41. The van der Waals surface area contributed by atoms with Crippen molar-refractivity contribution in [2.75, 3.05) is 13.4 Å². The molecule has 1 saturated heterocycles. The number of nitrogens with zero attached hydrogens (tertiary/aromatic N) is 2. The van der Waals surface area contributed by atoms with Gasteiger partial charge in [-0.3, -0.25) is 0 Å². The maximum Gasteiger partial charge on any atom is 0.349 e. The molecule has 0 aliphatic carbocycles. The number of aromatic amines is 1. The van der Waals surface area contributed by atoms with Crippen LogP contribution in [-0.4, -0.2) is 27.7 Å². The van der Waals surface area contributed by atoms with E-state index in [0.29, 0.717) is 13.0 Å². The highest BCUT2D eigenvalue weighted by atomic mass is 16.7. The summed E-state index contributed by atoms with van der Waals surface area (Å²) in [6.45, 7) is 0.669. The Morgan fingerprint density at radius 1 is 1.50 bits per heavy atom. The van der Waals surface area contributed by atoms with Gasteiger partial charge in [0.2, 0.25) is 0 Å². The lowest BCUT2D eigenvalue weighted by atomic mass is 10.4. The molecule has 1 fully saturated rings. The van der Waals surface area contributed by atoms with E-state index in [1.54, 1.807) is 0 Å². The highest BCUT2D eigenvalue weighted by molar-refractivity contribution is 4.70. The maximum absolute atomic E-state index is 11.5. The van der Waals surface area contributed by atoms with Gasteiger partial charge in [-0.1, -0.05) is 0 Å². The Balaban J connectivity index is 2.36. The van der Waals surface area contributed by atoms with Crippen molar-refractivity contribution in [3.63, 3.8) is 0 Å². The van der Waals surface area contributed by atoms with E-state index in [9.17, 15) is 9.59 Å². The Bertz CT molecular complexity index is 423. The van der Waals surface area contributed by atoms with Crippen molar-refractivity contribution in [1.29, 1.82) is 0 Å². The monoisotopic (exact) mass is 201 g/mol. The molecule has 7 nitrogen and oxygen atoms in total. The van der Waals surface area contributed by atoms with Crippen LogP contribution >= 0.6 is 0 Å². The smallest absolute Gasteiger partial charge is 0.349 e. The van der Waals surface area contributed by atoms with Gasteiger partial charge in [-0.05, 0) is 0 Å². The molecule has 0 saturated carbocycles. The molecular weight excluding hydrogens is 190 g/mol. The second-order valence-electron chi connectivity index (χ2n) is 3.06. The first kappa shape index (κ1) is 9.22. The second kappa shape index (κ2) is 3.43. The highest BCUT2D eigenvalue weighted by Gasteiger charge is 2.19. The Hall–Kier alpha value is -1.34. The summed E-state index contributed by atoms with van der Waals surface area (Å²) < 4.78 is 12.3. The lowest BCUT2D eigenvalue weighted by Gasteiger charge is -2.22. The summed E-state index contributed by atoms with van der Waals surface area (Å²) in [5.74, 6) is 0. The largest absolute Gasteiger partial charge is 0.355 e. The molecule has 0 spiro atoms. The Morgan fingerprint density at radius 2 is 2.29 bits per heavy atom. The number of rotatable bonds is 1. The molecule has 1 aromatic rings. The summed E-state index contributed by atoms with van der Waals surface area (Å²) in [6.07, 6.45) is 0.130. The zero-order valence-electron chi connectivity index (χ0n) is 7.73. The van der Waals surface area contributed by atoms with Crippen LogP contribution < -0.4 is 11.4 Å². The first-order valence-electron chi connectivity index (χ1n) is 4.27. The van der Waals surface area contributed by atoms with Gasteiger partial charge in [0.25, 0.3) is 0 Å². The van der Waals surface area contributed by atoms with Gasteiger partial charge in [0.15, 0.2) is 6.23 Å². The minimum absolute atomic E-state index is 0.147. The van der Waals surface area contributed by atoms with Crippen molar-refractivity contribution in [2.24, 2.45) is 7.05 Å². The van der Waals surface area contributed by atoms with Crippen molar-refractivity contribution in [1.82, 2.24) is 14.3 Å². The normalized spacial score (nSPS) is 22.5. The van der Waals surface area contributed by atoms with Crippen LogP contribution in [0.4, 0.5) is 0 Å². The molecule has 1 aromatic heterocycles. The second-order valence-corrected chi connectivity index (χ2v) is 3.06. The van der Waals surface area contributed by atoms with Gasteiger partial charge >= 0.3 is 11.4 Å². The quantitative estimate of drug-likeness (QED) is 0.617. The molecule has 0 bridgehead atoms. The molecule has 1 aliphatic heterocycles. The summed E-state index contributed by atoms with van der Waals surface area (Å²) in [7, 11) is 1.41. The van der Waals surface area contributed by atoms with E-state index in [1.807, 2.05) is 0 Å². The third-order valence-electron chi connectivity index (χ3n) is 2.15. The molecule has 1 atom stereocenters. The minimum Gasteiger partial charge on any atom is -0.355 e. The molecule has 7 heteroatoms. The topological polar surface area (TPSA) is 78.2 Å². The summed E-state index contributed by atoms with van der Waals surface area (Å²) in [4.78, 5) is 22.6. The highest BCUT2D eigenvalue weighted by Crippen LogP contribution is 2.13. The lowest BCUT2D eigenvalue weighted by Crippen LogP contribution is -2.32. The van der Waals surface area contributed by atoms with Gasteiger partial charge in [0.05, 0.1) is 6.61 Å². The maximum atomic E-state index is 11.5. The SMILES string of the molecule is Cn1c(=O)[nH]n(C2CCOCO2)c1=O. The van der Waals surface area contributed by atoms with E-state index in [1.165, 1.54) is 11.7 Å². The van der Waals surface area contributed by atoms with Crippen molar-refractivity contribution in [3.8, 4) is 0 Å². The van der Waals surface area contributed by atoms with E-state index < -0.39 is 17.6 Å². The van der Waals surface area contributed by atoms with Crippen molar-refractivity contribution < 1.29 is 9.47 Å². The van der Waals surface area contributed by atoms with E-state index in [2.05, 4.69) is 5.10 Å². The zero-order valence-corrected chi connectivity index (χ0v) is 7.73. The molecule has 78 valence electrons. The van der Waals surface area contributed by atoms with Gasteiger partial charge < -0.3 is 9.47 Å². The summed E-state index contributed by atoms with van der Waals surface area (Å²) in [5.41, 5.74) is -0.841. The minimum atomic E-state index is -0.440. The van der Waals surface area contributed by atoms with Gasteiger partial charge in [-0.2, -0.15) is 0 Å². The predicted molar refractivity (Wildman–Crippen MR) is 45.9 cm³/mol. The van der Waals surface area contributed by atoms with E-state index in [4.69, 9.17) is 9.47 Å². The van der Waals surface area contributed by atoms with Gasteiger partial charge in [0.1, 0.15) is 6.79 Å². The fraction of sp³-hybridized carbons (Fsp3) is 0.714. The number of ether oxygens (including phenoxy) is 2. The lowest BCUT2D eigenvalue weighted by molar-refractivity contribution is -0.170. The first-order chi connectivity index (χ1) is 6.70. The number of hydrogen-bond acceptors (Lipinski definition) is 4. The van der Waals surface area contributed by atoms with Crippen LogP contribution in [0.5, 0.6) is 0 Å². The molecule has 1 unspecified atom stereocenters. The van der Waals surface area contributed by atoms with Gasteiger partial charge in [-0.15, -0.1) is 0 Å².